The molecule has 1 aliphatic rings. The Balaban J connectivity index is 1.70. The Hall–Kier alpha value is -2.95. The molecule has 1 fully saturated rings. The molecule has 0 radical (unpaired) electrons. The highest BCUT2D eigenvalue weighted by molar-refractivity contribution is 7.89. The number of hydrogen-bond donors (Lipinski definition) is 2. The van der Waals surface area contributed by atoms with Gasteiger partial charge in [0.25, 0.3) is 5.91 Å². The van der Waals surface area contributed by atoms with Crippen LogP contribution in [0.5, 0.6) is 0 Å². The quantitative estimate of drug-likeness (QED) is 0.569. The van der Waals surface area contributed by atoms with Crippen LogP contribution in [0.2, 0.25) is 5.02 Å². The van der Waals surface area contributed by atoms with Crippen molar-refractivity contribution in [1.29, 1.82) is 0 Å². The number of amides is 2. The van der Waals surface area contributed by atoms with Crippen LogP contribution >= 0.6 is 11.6 Å². The van der Waals surface area contributed by atoms with Crippen molar-refractivity contribution in [3.8, 4) is 0 Å². The van der Waals surface area contributed by atoms with Gasteiger partial charge < -0.3 is 15.8 Å². The Labute approximate surface area is 196 Å². The van der Waals surface area contributed by atoms with E-state index >= 15 is 0 Å². The first kappa shape index (κ1) is 24.7. The summed E-state index contributed by atoms with van der Waals surface area (Å²) in [5, 5.41) is 2.56. The van der Waals surface area contributed by atoms with E-state index in [1.165, 1.54) is 53.7 Å². The van der Waals surface area contributed by atoms with Crippen LogP contribution in [0.1, 0.15) is 46.9 Å². The number of anilines is 1. The SMILES string of the molecule is C[C@@H](OC(=O)c1cc(S(=O)(=O)N2CCCCC2)ccc1Cl)C(=O)Nc1ccc(C(N)=O)cc1. The summed E-state index contributed by atoms with van der Waals surface area (Å²) >= 11 is 6.11. The molecule has 1 aliphatic heterocycles. The van der Waals surface area contributed by atoms with Crippen molar-refractivity contribution in [3.05, 3.63) is 58.6 Å². The van der Waals surface area contributed by atoms with Gasteiger partial charge in [-0.05, 0) is 62.2 Å². The Morgan fingerprint density at radius 2 is 1.70 bits per heavy atom. The van der Waals surface area contributed by atoms with Crippen LogP contribution in [-0.4, -0.2) is 49.7 Å². The lowest BCUT2D eigenvalue weighted by atomic mass is 10.2. The summed E-state index contributed by atoms with van der Waals surface area (Å²) in [6.07, 6.45) is 1.32. The lowest BCUT2D eigenvalue weighted by Crippen LogP contribution is -2.35. The van der Waals surface area contributed by atoms with Crippen molar-refractivity contribution in [2.24, 2.45) is 5.73 Å². The number of carbonyl (C=O) groups is 3. The molecule has 3 rings (SSSR count). The summed E-state index contributed by atoms with van der Waals surface area (Å²) in [6, 6.07) is 9.69. The number of primary amides is 1. The highest BCUT2D eigenvalue weighted by atomic mass is 35.5. The van der Waals surface area contributed by atoms with Crippen LogP contribution in [0.3, 0.4) is 0 Å². The van der Waals surface area contributed by atoms with Gasteiger partial charge in [-0.25, -0.2) is 13.2 Å². The molecule has 9 nitrogen and oxygen atoms in total. The van der Waals surface area contributed by atoms with Gasteiger partial charge in [0.05, 0.1) is 15.5 Å². The zero-order valence-corrected chi connectivity index (χ0v) is 19.5. The highest BCUT2D eigenvalue weighted by Gasteiger charge is 2.28. The average Bonchev–Trinajstić information content (AvgIpc) is 2.80. The fourth-order valence-electron chi connectivity index (χ4n) is 3.31. The number of rotatable bonds is 7. The Kier molecular flexibility index (Phi) is 7.72. The average molecular weight is 494 g/mol. The van der Waals surface area contributed by atoms with E-state index in [1.807, 2.05) is 0 Å². The number of halogens is 1. The first-order chi connectivity index (χ1) is 15.6. The number of ether oxygens (including phenoxy) is 1. The summed E-state index contributed by atoms with van der Waals surface area (Å²) in [4.78, 5) is 36.1. The maximum absolute atomic E-state index is 12.9. The molecule has 2 aromatic carbocycles. The maximum Gasteiger partial charge on any atom is 0.340 e. The van der Waals surface area contributed by atoms with E-state index in [-0.39, 0.29) is 21.0 Å². The molecule has 2 amide bonds. The Morgan fingerprint density at radius 1 is 1.06 bits per heavy atom. The minimum Gasteiger partial charge on any atom is -0.449 e. The number of carbonyl (C=O) groups excluding carboxylic acids is 3. The molecule has 1 atom stereocenters. The first-order valence-electron chi connectivity index (χ1n) is 10.3. The minimum absolute atomic E-state index is 0.00671. The Bertz CT molecular complexity index is 1160. The van der Waals surface area contributed by atoms with E-state index in [0.29, 0.717) is 18.8 Å². The standard InChI is InChI=1S/C22H24ClN3O6S/c1-14(21(28)25-16-7-5-15(6-8-16)20(24)27)32-22(29)18-13-17(9-10-19(18)23)33(30,31)26-11-3-2-4-12-26/h5-10,13-14H,2-4,11-12H2,1H3,(H2,24,27)(H,25,28)/t14-/m1/s1. The molecule has 176 valence electrons. The van der Waals surface area contributed by atoms with Crippen molar-refractivity contribution in [2.75, 3.05) is 18.4 Å². The third-order valence-corrected chi connectivity index (χ3v) is 7.42. The zero-order chi connectivity index (χ0) is 24.2. The number of piperidine rings is 1. The van der Waals surface area contributed by atoms with Gasteiger partial charge in [0.1, 0.15) is 0 Å². The van der Waals surface area contributed by atoms with E-state index in [4.69, 9.17) is 22.1 Å². The number of nitrogens with one attached hydrogen (secondary N) is 1. The lowest BCUT2D eigenvalue weighted by molar-refractivity contribution is -0.123. The molecular formula is C22H24ClN3O6S. The molecule has 2 aromatic rings. The van der Waals surface area contributed by atoms with Crippen molar-refractivity contribution >= 4 is 45.1 Å². The lowest BCUT2D eigenvalue weighted by Gasteiger charge is -2.26. The molecule has 3 N–H and O–H groups in total. The molecule has 0 bridgehead atoms. The van der Waals surface area contributed by atoms with Crippen LogP contribution in [0, 0.1) is 0 Å². The molecule has 1 heterocycles. The summed E-state index contributed by atoms with van der Waals surface area (Å²) in [5.74, 6) is -2.15. The topological polar surface area (TPSA) is 136 Å². The molecule has 33 heavy (non-hydrogen) atoms. The molecule has 0 aromatic heterocycles. The summed E-state index contributed by atoms with van der Waals surface area (Å²) in [6.45, 7) is 2.21. The molecule has 11 heteroatoms. The van der Waals surface area contributed by atoms with Crippen LogP contribution in [-0.2, 0) is 19.6 Å². The van der Waals surface area contributed by atoms with Gasteiger partial charge in [-0.15, -0.1) is 0 Å². The third kappa shape index (κ3) is 5.89. The van der Waals surface area contributed by atoms with Crippen LogP contribution < -0.4 is 11.1 Å². The fraction of sp³-hybridized carbons (Fsp3) is 0.318. The summed E-state index contributed by atoms with van der Waals surface area (Å²) < 4.78 is 32.4. The highest BCUT2D eigenvalue weighted by Crippen LogP contribution is 2.26. The maximum atomic E-state index is 12.9. The normalized spacial score (nSPS) is 15.5. The van der Waals surface area contributed by atoms with E-state index in [2.05, 4.69) is 5.32 Å². The third-order valence-electron chi connectivity index (χ3n) is 5.20. The predicted molar refractivity (Wildman–Crippen MR) is 123 cm³/mol. The molecule has 0 aliphatic carbocycles. The second-order valence-electron chi connectivity index (χ2n) is 7.58. The molecule has 1 saturated heterocycles. The number of nitrogens with two attached hydrogens (primary N) is 1. The molecule has 0 unspecified atom stereocenters. The number of hydrogen-bond acceptors (Lipinski definition) is 6. The van der Waals surface area contributed by atoms with Gasteiger partial charge in [0, 0.05) is 24.3 Å². The second-order valence-corrected chi connectivity index (χ2v) is 9.93. The Morgan fingerprint density at radius 3 is 2.30 bits per heavy atom. The number of esters is 1. The van der Waals surface area contributed by atoms with Crippen molar-refractivity contribution in [2.45, 2.75) is 37.2 Å². The van der Waals surface area contributed by atoms with Crippen LogP contribution in [0.15, 0.2) is 47.4 Å². The first-order valence-corrected chi connectivity index (χ1v) is 12.1. The number of benzene rings is 2. The van der Waals surface area contributed by atoms with Crippen LogP contribution in [0.25, 0.3) is 0 Å². The van der Waals surface area contributed by atoms with E-state index < -0.39 is 33.9 Å². The zero-order valence-electron chi connectivity index (χ0n) is 17.9. The smallest absolute Gasteiger partial charge is 0.340 e. The molecular weight excluding hydrogens is 470 g/mol. The van der Waals surface area contributed by atoms with Gasteiger partial charge in [-0.3, -0.25) is 9.59 Å². The fourth-order valence-corrected chi connectivity index (χ4v) is 5.05. The van der Waals surface area contributed by atoms with Crippen molar-refractivity contribution in [1.82, 2.24) is 4.31 Å². The van der Waals surface area contributed by atoms with Gasteiger partial charge in [0.15, 0.2) is 6.10 Å². The summed E-state index contributed by atoms with van der Waals surface area (Å²) in [5.41, 5.74) is 5.68. The minimum atomic E-state index is -3.78. The monoisotopic (exact) mass is 493 g/mol. The van der Waals surface area contributed by atoms with Crippen molar-refractivity contribution < 1.29 is 27.5 Å². The summed E-state index contributed by atoms with van der Waals surface area (Å²) in [7, 11) is -3.78. The molecule has 0 saturated carbocycles. The number of sulfonamides is 1. The largest absolute Gasteiger partial charge is 0.449 e. The van der Waals surface area contributed by atoms with Gasteiger partial charge in [0.2, 0.25) is 15.9 Å². The van der Waals surface area contributed by atoms with Gasteiger partial charge >= 0.3 is 5.97 Å². The van der Waals surface area contributed by atoms with E-state index in [1.54, 1.807) is 0 Å². The number of nitrogens with zero attached hydrogens (tertiary/aromatic N) is 1. The molecule has 0 spiro atoms. The van der Waals surface area contributed by atoms with Gasteiger partial charge in [-0.1, -0.05) is 18.0 Å². The van der Waals surface area contributed by atoms with Gasteiger partial charge in [-0.2, -0.15) is 4.31 Å². The van der Waals surface area contributed by atoms with E-state index in [0.717, 1.165) is 19.3 Å². The van der Waals surface area contributed by atoms with E-state index in [9.17, 15) is 22.8 Å². The van der Waals surface area contributed by atoms with Crippen molar-refractivity contribution in [3.63, 3.8) is 0 Å². The second kappa shape index (κ2) is 10.3. The predicted octanol–water partition coefficient (Wildman–Crippen LogP) is 2.80. The van der Waals surface area contributed by atoms with Crippen LogP contribution in [0.4, 0.5) is 5.69 Å².